The fourth-order valence-electron chi connectivity index (χ4n) is 3.02. The van der Waals surface area contributed by atoms with Crippen LogP contribution in [0.5, 0.6) is 0 Å². The Morgan fingerprint density at radius 2 is 1.90 bits per heavy atom. The molecule has 20 heavy (non-hydrogen) atoms. The SMILES string of the molecule is O=C1Nc2ccccc2/C1=C\C1CCC([N+](=O)[O-])CC1. The molecule has 1 N–H and O–H groups in total. The lowest BCUT2D eigenvalue weighted by molar-refractivity contribution is -0.526. The van der Waals surface area contributed by atoms with E-state index in [9.17, 15) is 14.9 Å². The number of rotatable bonds is 2. The zero-order valence-electron chi connectivity index (χ0n) is 11.0. The number of fused-ring (bicyclic) bond motifs is 1. The first kappa shape index (κ1) is 12.8. The van der Waals surface area contributed by atoms with E-state index in [1.807, 2.05) is 30.3 Å². The molecule has 0 spiro atoms. The highest BCUT2D eigenvalue weighted by atomic mass is 16.6. The summed E-state index contributed by atoms with van der Waals surface area (Å²) in [4.78, 5) is 22.6. The summed E-state index contributed by atoms with van der Waals surface area (Å²) in [6, 6.07) is 7.22. The van der Waals surface area contributed by atoms with Gasteiger partial charge in [-0.25, -0.2) is 0 Å². The van der Waals surface area contributed by atoms with Gasteiger partial charge >= 0.3 is 0 Å². The molecule has 0 saturated heterocycles. The first-order chi connectivity index (χ1) is 9.65. The molecule has 104 valence electrons. The van der Waals surface area contributed by atoms with Gasteiger partial charge in [0.2, 0.25) is 6.04 Å². The molecule has 0 aromatic heterocycles. The van der Waals surface area contributed by atoms with Crippen molar-refractivity contribution in [1.29, 1.82) is 0 Å². The van der Waals surface area contributed by atoms with Crippen LogP contribution in [0.2, 0.25) is 0 Å². The van der Waals surface area contributed by atoms with Crippen LogP contribution in [0, 0.1) is 16.0 Å². The number of anilines is 1. The number of nitrogens with one attached hydrogen (secondary N) is 1. The summed E-state index contributed by atoms with van der Waals surface area (Å²) in [5.74, 6) is 0.195. The highest BCUT2D eigenvalue weighted by Gasteiger charge is 2.30. The topological polar surface area (TPSA) is 72.2 Å². The lowest BCUT2D eigenvalue weighted by atomic mass is 9.84. The van der Waals surface area contributed by atoms with Crippen LogP contribution >= 0.6 is 0 Å². The number of hydrogen-bond donors (Lipinski definition) is 1. The fraction of sp³-hybridized carbons (Fsp3) is 0.400. The number of nitrogens with zero attached hydrogens (tertiary/aromatic N) is 1. The minimum Gasteiger partial charge on any atom is -0.321 e. The van der Waals surface area contributed by atoms with Crippen LogP contribution in [0.3, 0.4) is 0 Å². The number of para-hydroxylation sites is 1. The summed E-state index contributed by atoms with van der Waals surface area (Å²) < 4.78 is 0. The summed E-state index contributed by atoms with van der Waals surface area (Å²) in [5.41, 5.74) is 2.50. The summed E-state index contributed by atoms with van der Waals surface area (Å²) in [7, 11) is 0. The molecule has 0 unspecified atom stereocenters. The van der Waals surface area contributed by atoms with Crippen molar-refractivity contribution < 1.29 is 9.72 Å². The van der Waals surface area contributed by atoms with Crippen LogP contribution in [-0.4, -0.2) is 16.9 Å². The Morgan fingerprint density at radius 1 is 1.20 bits per heavy atom. The molecule has 2 aliphatic rings. The van der Waals surface area contributed by atoms with E-state index in [-0.39, 0.29) is 16.7 Å². The van der Waals surface area contributed by atoms with Gasteiger partial charge in [-0.1, -0.05) is 24.3 Å². The van der Waals surface area contributed by atoms with Gasteiger partial charge in [-0.2, -0.15) is 0 Å². The van der Waals surface area contributed by atoms with E-state index in [0.717, 1.165) is 24.1 Å². The van der Waals surface area contributed by atoms with Crippen molar-refractivity contribution in [2.75, 3.05) is 5.32 Å². The van der Waals surface area contributed by atoms with Gasteiger partial charge in [0.05, 0.1) is 0 Å². The summed E-state index contributed by atoms with van der Waals surface area (Å²) in [6.07, 6.45) is 4.77. The molecule has 1 aromatic rings. The minimum atomic E-state index is -0.408. The third-order valence-electron chi connectivity index (χ3n) is 4.15. The molecule has 1 aromatic carbocycles. The Bertz CT molecular complexity index is 587. The number of carbonyl (C=O) groups excluding carboxylic acids is 1. The summed E-state index contributed by atoms with van der Waals surface area (Å²) in [6.45, 7) is 0. The van der Waals surface area contributed by atoms with Crippen molar-refractivity contribution in [2.45, 2.75) is 31.7 Å². The van der Waals surface area contributed by atoms with Crippen molar-refractivity contribution in [3.8, 4) is 0 Å². The van der Waals surface area contributed by atoms with Crippen molar-refractivity contribution in [2.24, 2.45) is 5.92 Å². The van der Waals surface area contributed by atoms with E-state index in [0.29, 0.717) is 18.4 Å². The number of nitro groups is 1. The predicted molar refractivity (Wildman–Crippen MR) is 75.8 cm³/mol. The molecule has 1 saturated carbocycles. The minimum absolute atomic E-state index is 0.0670. The van der Waals surface area contributed by atoms with Crippen molar-refractivity contribution in [3.05, 3.63) is 46.0 Å². The smallest absolute Gasteiger partial charge is 0.256 e. The quantitative estimate of drug-likeness (QED) is 0.511. The van der Waals surface area contributed by atoms with E-state index < -0.39 is 6.04 Å². The van der Waals surface area contributed by atoms with Gasteiger partial charge in [-0.3, -0.25) is 14.9 Å². The molecule has 3 rings (SSSR count). The van der Waals surface area contributed by atoms with E-state index in [4.69, 9.17) is 0 Å². The maximum absolute atomic E-state index is 12.0. The van der Waals surface area contributed by atoms with Crippen LogP contribution in [0.4, 0.5) is 5.69 Å². The second-order valence-electron chi connectivity index (χ2n) is 5.43. The molecule has 1 heterocycles. The van der Waals surface area contributed by atoms with E-state index in [2.05, 4.69) is 5.32 Å². The molecule has 0 radical (unpaired) electrons. The van der Waals surface area contributed by atoms with Gasteiger partial charge in [0.1, 0.15) is 0 Å². The van der Waals surface area contributed by atoms with Crippen molar-refractivity contribution in [3.63, 3.8) is 0 Å². The molecular formula is C15H16N2O3. The zero-order valence-corrected chi connectivity index (χ0v) is 11.0. The number of allylic oxidation sites excluding steroid dienone is 1. The van der Waals surface area contributed by atoms with Gasteiger partial charge in [0.15, 0.2) is 0 Å². The Kier molecular flexibility index (Phi) is 3.26. The zero-order chi connectivity index (χ0) is 14.1. The highest BCUT2D eigenvalue weighted by Crippen LogP contribution is 2.35. The average molecular weight is 272 g/mol. The lowest BCUT2D eigenvalue weighted by Gasteiger charge is -2.21. The largest absolute Gasteiger partial charge is 0.321 e. The van der Waals surface area contributed by atoms with Crippen LogP contribution in [0.1, 0.15) is 31.2 Å². The van der Waals surface area contributed by atoms with Crippen LogP contribution < -0.4 is 5.32 Å². The van der Waals surface area contributed by atoms with Crippen molar-refractivity contribution in [1.82, 2.24) is 0 Å². The van der Waals surface area contributed by atoms with E-state index in [1.165, 1.54) is 0 Å². The fourth-order valence-corrected chi connectivity index (χ4v) is 3.02. The molecule has 0 atom stereocenters. The van der Waals surface area contributed by atoms with E-state index in [1.54, 1.807) is 0 Å². The lowest BCUT2D eigenvalue weighted by Crippen LogP contribution is -2.25. The Morgan fingerprint density at radius 3 is 2.60 bits per heavy atom. The monoisotopic (exact) mass is 272 g/mol. The summed E-state index contributed by atoms with van der Waals surface area (Å²) >= 11 is 0. The second kappa shape index (κ2) is 5.07. The van der Waals surface area contributed by atoms with Gasteiger partial charge < -0.3 is 5.32 Å². The second-order valence-corrected chi connectivity index (χ2v) is 5.43. The van der Waals surface area contributed by atoms with Gasteiger partial charge in [0, 0.05) is 34.6 Å². The Labute approximate surface area is 116 Å². The average Bonchev–Trinajstić information content (AvgIpc) is 2.76. The third-order valence-corrected chi connectivity index (χ3v) is 4.15. The number of carbonyl (C=O) groups is 1. The Balaban J connectivity index is 1.77. The maximum Gasteiger partial charge on any atom is 0.256 e. The van der Waals surface area contributed by atoms with Crippen molar-refractivity contribution >= 4 is 17.2 Å². The standard InChI is InChI=1S/C15H16N2O3/c18-15-13(12-3-1-2-4-14(12)16-15)9-10-5-7-11(8-6-10)17(19)20/h1-4,9-11H,5-8H2,(H,16,18)/b13-9+. The number of hydrogen-bond acceptors (Lipinski definition) is 3. The molecule has 1 aliphatic carbocycles. The third kappa shape index (κ3) is 2.31. The maximum atomic E-state index is 12.0. The summed E-state index contributed by atoms with van der Waals surface area (Å²) in [5, 5.41) is 13.6. The normalized spacial score (nSPS) is 27.2. The molecule has 1 fully saturated rings. The molecular weight excluding hydrogens is 256 g/mol. The molecule has 0 bridgehead atoms. The molecule has 5 heteroatoms. The van der Waals surface area contributed by atoms with Gasteiger partial charge in [-0.15, -0.1) is 0 Å². The molecule has 1 amide bonds. The van der Waals surface area contributed by atoms with Crippen LogP contribution in [0.15, 0.2) is 30.3 Å². The van der Waals surface area contributed by atoms with Gasteiger partial charge in [-0.05, 0) is 24.8 Å². The first-order valence-corrected chi connectivity index (χ1v) is 6.91. The first-order valence-electron chi connectivity index (χ1n) is 6.91. The van der Waals surface area contributed by atoms with Gasteiger partial charge in [0.25, 0.3) is 5.91 Å². The Hall–Kier alpha value is -2.17. The highest BCUT2D eigenvalue weighted by molar-refractivity contribution is 6.31. The number of benzene rings is 1. The van der Waals surface area contributed by atoms with E-state index >= 15 is 0 Å². The predicted octanol–water partition coefficient (Wildman–Crippen LogP) is 2.86. The van der Waals surface area contributed by atoms with Crippen LogP contribution in [0.25, 0.3) is 5.57 Å². The number of amides is 1. The molecule has 1 aliphatic heterocycles. The molecule has 5 nitrogen and oxygen atoms in total. The van der Waals surface area contributed by atoms with Crippen LogP contribution in [-0.2, 0) is 4.79 Å².